The summed E-state index contributed by atoms with van der Waals surface area (Å²) in [5, 5.41) is 26.1. The molecule has 10 nitrogen and oxygen atoms in total. The van der Waals surface area contributed by atoms with Crippen LogP contribution in [-0.2, 0) is 30.3 Å². The molecule has 0 spiro atoms. The molecule has 1 amide bonds. The lowest BCUT2D eigenvalue weighted by Crippen LogP contribution is -2.61. The number of rotatable bonds is 11. The van der Waals surface area contributed by atoms with E-state index in [2.05, 4.69) is 12.2 Å². The van der Waals surface area contributed by atoms with Crippen molar-refractivity contribution < 1.29 is 43.6 Å². The Morgan fingerprint density at radius 2 is 1.82 bits per heavy atom. The van der Waals surface area contributed by atoms with Gasteiger partial charge in [0.2, 0.25) is 11.7 Å². The molecule has 3 saturated carbocycles. The molecule has 0 aliphatic heterocycles. The predicted octanol–water partition coefficient (Wildman–Crippen LogP) is 3.26. The Bertz CT molecular complexity index is 1420. The van der Waals surface area contributed by atoms with E-state index in [1.807, 2.05) is 25.1 Å². The van der Waals surface area contributed by atoms with Crippen molar-refractivity contribution in [1.29, 1.82) is 0 Å². The molecule has 10 heteroatoms. The van der Waals surface area contributed by atoms with Gasteiger partial charge in [-0.2, -0.15) is 0 Å². The molecular weight excluding hydrogens is 578 g/mol. The minimum absolute atomic E-state index is 0.00246. The molecule has 0 radical (unpaired) electrons. The zero-order chi connectivity index (χ0) is 32.6. The Hall–Kier alpha value is -3.50. The first-order valence-electron chi connectivity index (χ1n) is 15.9. The number of amides is 1. The molecule has 1 aromatic carbocycles. The van der Waals surface area contributed by atoms with Crippen LogP contribution in [0.3, 0.4) is 0 Å². The van der Waals surface area contributed by atoms with Crippen LogP contribution in [0.2, 0.25) is 0 Å². The molecule has 0 unspecified atom stereocenters. The van der Waals surface area contributed by atoms with Gasteiger partial charge in [-0.25, -0.2) is 0 Å². The van der Waals surface area contributed by atoms with Crippen LogP contribution < -0.4 is 14.8 Å². The van der Waals surface area contributed by atoms with Crippen molar-refractivity contribution in [1.82, 2.24) is 5.32 Å². The van der Waals surface area contributed by atoms with Crippen LogP contribution in [0.5, 0.6) is 11.5 Å². The number of methoxy groups -OCH3 is 2. The Balaban J connectivity index is 1.11. The van der Waals surface area contributed by atoms with Gasteiger partial charge in [-0.15, -0.1) is 0 Å². The minimum atomic E-state index is -1.74. The Morgan fingerprint density at radius 1 is 1.07 bits per heavy atom. The first-order valence-corrected chi connectivity index (χ1v) is 15.9. The lowest BCUT2D eigenvalue weighted by atomic mass is 9.46. The van der Waals surface area contributed by atoms with E-state index in [0.717, 1.165) is 24.0 Å². The predicted molar refractivity (Wildman–Crippen MR) is 164 cm³/mol. The molecule has 4 aliphatic carbocycles. The summed E-state index contributed by atoms with van der Waals surface area (Å²) in [5.41, 5.74) is -1.05. The molecule has 4 aliphatic rings. The molecule has 0 bridgehead atoms. The van der Waals surface area contributed by atoms with Crippen molar-refractivity contribution in [2.75, 3.05) is 27.4 Å². The zero-order valence-electron chi connectivity index (χ0n) is 26.6. The van der Waals surface area contributed by atoms with Crippen molar-refractivity contribution in [2.45, 2.75) is 76.9 Å². The van der Waals surface area contributed by atoms with Crippen molar-refractivity contribution in [3.05, 3.63) is 47.6 Å². The van der Waals surface area contributed by atoms with Gasteiger partial charge >= 0.3 is 5.97 Å². The van der Waals surface area contributed by atoms with Crippen LogP contribution in [0.4, 0.5) is 0 Å². The highest BCUT2D eigenvalue weighted by Crippen LogP contribution is 2.67. The fraction of sp³-hybridized carbons (Fsp3) is 0.600. The molecule has 244 valence electrons. The molecular formula is C35H45NO9. The average molecular weight is 624 g/mol. The lowest BCUT2D eigenvalue weighted by Gasteiger charge is -2.59. The number of ether oxygens (including phenoxy) is 3. The number of aliphatic hydroxyl groups excluding tert-OH is 1. The van der Waals surface area contributed by atoms with Crippen LogP contribution in [0.15, 0.2) is 42.0 Å². The van der Waals surface area contributed by atoms with Crippen molar-refractivity contribution in [2.24, 2.45) is 28.6 Å². The summed E-state index contributed by atoms with van der Waals surface area (Å²) in [4.78, 5) is 50.3. The van der Waals surface area contributed by atoms with E-state index < -0.39 is 40.9 Å². The molecule has 1 aromatic rings. The molecule has 3 N–H and O–H groups in total. The standard InChI is InChI=1S/C35H45NO9/c1-33-14-11-23(37)18-22(33)6-7-24-25-12-15-35(42,34(25,2)19-26(38)32(24)33)29(39)20-45-31(41)10-9-30(40)36-16-13-21-5-8-27(43-3)28(17-21)44-4/h5,8,11,14,17-18,24-26,32,38,42H,6-7,9-10,12-13,15-16,19-20H2,1-4H3,(H,36,40)/t24-,25+,26-,32+,33+,34+,35+/m1/s1. The summed E-state index contributed by atoms with van der Waals surface area (Å²) in [6.07, 6.45) is 7.33. The molecule has 0 saturated heterocycles. The van der Waals surface area contributed by atoms with Crippen LogP contribution in [0, 0.1) is 28.6 Å². The number of esters is 1. The van der Waals surface area contributed by atoms with Gasteiger partial charge in [0.1, 0.15) is 5.60 Å². The smallest absolute Gasteiger partial charge is 0.306 e. The monoisotopic (exact) mass is 623 g/mol. The highest BCUT2D eigenvalue weighted by molar-refractivity contribution is 6.01. The first-order chi connectivity index (χ1) is 21.4. The lowest BCUT2D eigenvalue weighted by molar-refractivity contribution is -0.181. The highest BCUT2D eigenvalue weighted by atomic mass is 16.5. The van der Waals surface area contributed by atoms with Gasteiger partial charge in [-0.05, 0) is 80.2 Å². The first kappa shape index (κ1) is 32.9. The maximum atomic E-state index is 13.5. The second kappa shape index (κ2) is 12.7. The quantitative estimate of drug-likeness (QED) is 0.316. The summed E-state index contributed by atoms with van der Waals surface area (Å²) >= 11 is 0. The number of hydrogen-bond acceptors (Lipinski definition) is 9. The summed E-state index contributed by atoms with van der Waals surface area (Å²) in [6, 6.07) is 5.52. The third-order valence-corrected chi connectivity index (χ3v) is 11.2. The number of fused-ring (bicyclic) bond motifs is 5. The third-order valence-electron chi connectivity index (χ3n) is 11.2. The fourth-order valence-corrected chi connectivity index (χ4v) is 8.81. The van der Waals surface area contributed by atoms with Crippen LogP contribution in [0.1, 0.15) is 64.4 Å². The normalized spacial score (nSPS) is 33.3. The SMILES string of the molecule is COc1ccc(CCNC(=O)CCC(=O)OCC(=O)[C@@]2(O)CC[C@H]3[C@H]4CCC5=CC(=O)C=C[C@]5(C)[C@@H]4[C@H](O)C[C@@]32C)cc1OC. The average Bonchev–Trinajstić information content (AvgIpc) is 3.29. The second-order valence-electron chi connectivity index (χ2n) is 13.5. The maximum absolute atomic E-state index is 13.5. The van der Waals surface area contributed by atoms with Crippen LogP contribution >= 0.6 is 0 Å². The molecule has 3 fully saturated rings. The summed E-state index contributed by atoms with van der Waals surface area (Å²) in [7, 11) is 3.12. The maximum Gasteiger partial charge on any atom is 0.306 e. The highest BCUT2D eigenvalue weighted by Gasteiger charge is 2.68. The van der Waals surface area contributed by atoms with Crippen molar-refractivity contribution in [3.8, 4) is 11.5 Å². The number of Topliss-reactive ketones (excluding diaryl/α,β-unsaturated/α-hetero) is 1. The number of benzene rings is 1. The van der Waals surface area contributed by atoms with Gasteiger partial charge < -0.3 is 29.7 Å². The number of allylic oxidation sites excluding steroid dienone is 4. The fourth-order valence-electron chi connectivity index (χ4n) is 8.81. The minimum Gasteiger partial charge on any atom is -0.493 e. The van der Waals surface area contributed by atoms with E-state index in [1.165, 1.54) is 0 Å². The number of aliphatic hydroxyl groups is 2. The van der Waals surface area contributed by atoms with Gasteiger partial charge in [-0.1, -0.05) is 31.6 Å². The summed E-state index contributed by atoms with van der Waals surface area (Å²) < 4.78 is 15.8. The van der Waals surface area contributed by atoms with Crippen molar-refractivity contribution in [3.63, 3.8) is 0 Å². The number of hydrogen-bond donors (Lipinski definition) is 3. The Morgan fingerprint density at radius 3 is 2.56 bits per heavy atom. The third kappa shape index (κ3) is 5.94. The van der Waals surface area contributed by atoms with E-state index in [4.69, 9.17) is 14.2 Å². The van der Waals surface area contributed by atoms with E-state index in [-0.39, 0.29) is 55.1 Å². The second-order valence-corrected chi connectivity index (χ2v) is 13.5. The summed E-state index contributed by atoms with van der Waals surface area (Å²) in [6.45, 7) is 3.74. The molecule has 45 heavy (non-hydrogen) atoms. The topological polar surface area (TPSA) is 148 Å². The number of nitrogens with one attached hydrogen (secondary N) is 1. The van der Waals surface area contributed by atoms with Gasteiger partial charge in [-0.3, -0.25) is 19.2 Å². The molecule has 0 aromatic heterocycles. The van der Waals surface area contributed by atoms with E-state index in [9.17, 15) is 29.4 Å². The Labute approximate surface area is 264 Å². The van der Waals surface area contributed by atoms with Gasteiger partial charge in [0, 0.05) is 29.7 Å². The van der Waals surface area contributed by atoms with E-state index in [1.54, 1.807) is 32.4 Å². The van der Waals surface area contributed by atoms with Crippen LogP contribution in [0.25, 0.3) is 0 Å². The van der Waals surface area contributed by atoms with Gasteiger partial charge in [0.15, 0.2) is 23.9 Å². The number of carbonyl (C=O) groups is 4. The zero-order valence-corrected chi connectivity index (χ0v) is 26.6. The molecule has 5 rings (SSSR count). The van der Waals surface area contributed by atoms with E-state index >= 15 is 0 Å². The largest absolute Gasteiger partial charge is 0.493 e. The van der Waals surface area contributed by atoms with E-state index in [0.29, 0.717) is 30.9 Å². The molecule has 7 atom stereocenters. The van der Waals surface area contributed by atoms with Crippen LogP contribution in [-0.4, -0.2) is 72.7 Å². The van der Waals surface area contributed by atoms with Crippen molar-refractivity contribution >= 4 is 23.4 Å². The van der Waals surface area contributed by atoms with Gasteiger partial charge in [0.05, 0.1) is 26.7 Å². The summed E-state index contributed by atoms with van der Waals surface area (Å²) in [5.74, 6) is -0.419. The Kier molecular flexibility index (Phi) is 9.29. The number of carbonyl (C=O) groups excluding carboxylic acids is 4. The number of ketones is 2. The van der Waals surface area contributed by atoms with Gasteiger partial charge in [0.25, 0.3) is 0 Å². The molecule has 0 heterocycles.